The zero-order valence-electron chi connectivity index (χ0n) is 13.5. The average molecular weight is 392 g/mol. The van der Waals surface area contributed by atoms with Crippen LogP contribution in [0.15, 0.2) is 53.5 Å². The van der Waals surface area contributed by atoms with Crippen molar-refractivity contribution in [1.82, 2.24) is 14.8 Å². The fraction of sp³-hybridized carbons (Fsp3) is 0.118. The normalized spacial score (nSPS) is 10.7. The van der Waals surface area contributed by atoms with E-state index in [4.69, 9.17) is 0 Å². The zero-order valence-corrected chi connectivity index (χ0v) is 15.1. The lowest BCUT2D eigenvalue weighted by Gasteiger charge is -2.08. The maximum atomic E-state index is 13.6. The van der Waals surface area contributed by atoms with Crippen molar-refractivity contribution in [3.05, 3.63) is 60.0 Å². The number of thioether (sulfide) groups is 1. The minimum Gasteiger partial charge on any atom is -0.323 e. The van der Waals surface area contributed by atoms with Gasteiger partial charge in [0.1, 0.15) is 11.6 Å². The van der Waals surface area contributed by atoms with Gasteiger partial charge in [0.2, 0.25) is 5.91 Å². The van der Waals surface area contributed by atoms with E-state index >= 15 is 0 Å². The summed E-state index contributed by atoms with van der Waals surface area (Å²) >= 11 is 2.72. The molecule has 134 valence electrons. The van der Waals surface area contributed by atoms with E-state index < -0.39 is 17.5 Å². The quantitative estimate of drug-likeness (QED) is 0.484. The van der Waals surface area contributed by atoms with Crippen LogP contribution in [0.25, 0.3) is 10.7 Å². The van der Waals surface area contributed by atoms with Crippen molar-refractivity contribution in [3.63, 3.8) is 0 Å². The van der Waals surface area contributed by atoms with Crippen LogP contribution in [0.3, 0.4) is 0 Å². The summed E-state index contributed by atoms with van der Waals surface area (Å²) in [5.41, 5.74) is -0.0659. The number of amides is 1. The molecule has 0 bridgehead atoms. The van der Waals surface area contributed by atoms with Gasteiger partial charge in [0.05, 0.1) is 16.3 Å². The molecule has 5 nitrogen and oxygen atoms in total. The molecule has 3 aromatic rings. The van der Waals surface area contributed by atoms with Gasteiger partial charge in [-0.05, 0) is 23.6 Å². The molecule has 1 amide bonds. The van der Waals surface area contributed by atoms with Crippen LogP contribution < -0.4 is 5.32 Å². The van der Waals surface area contributed by atoms with Gasteiger partial charge in [0, 0.05) is 12.6 Å². The summed E-state index contributed by atoms with van der Waals surface area (Å²) < 4.78 is 28.4. The van der Waals surface area contributed by atoms with Crippen molar-refractivity contribution >= 4 is 34.7 Å². The number of carbonyl (C=O) groups excluding carboxylic acids is 1. The maximum absolute atomic E-state index is 13.6. The largest absolute Gasteiger partial charge is 0.323 e. The van der Waals surface area contributed by atoms with Gasteiger partial charge in [-0.3, -0.25) is 9.36 Å². The summed E-state index contributed by atoms with van der Waals surface area (Å²) in [6.07, 6.45) is 1.72. The van der Waals surface area contributed by atoms with Gasteiger partial charge in [-0.2, -0.15) is 0 Å². The second kappa shape index (κ2) is 8.24. The number of hydrogen-bond donors (Lipinski definition) is 1. The van der Waals surface area contributed by atoms with E-state index in [1.165, 1.54) is 29.2 Å². The van der Waals surface area contributed by atoms with Crippen LogP contribution in [0.4, 0.5) is 14.5 Å². The lowest BCUT2D eigenvalue weighted by Crippen LogP contribution is -2.15. The molecule has 9 heteroatoms. The van der Waals surface area contributed by atoms with Crippen molar-refractivity contribution < 1.29 is 13.6 Å². The topological polar surface area (TPSA) is 59.8 Å². The first-order valence-corrected chi connectivity index (χ1v) is 9.40. The molecule has 0 fully saturated rings. The first kappa shape index (κ1) is 18.3. The smallest absolute Gasteiger partial charge is 0.234 e. The Balaban J connectivity index is 1.69. The Morgan fingerprint density at radius 1 is 1.35 bits per heavy atom. The van der Waals surface area contributed by atoms with E-state index in [9.17, 15) is 13.6 Å². The number of aromatic nitrogens is 3. The maximum Gasteiger partial charge on any atom is 0.234 e. The van der Waals surface area contributed by atoms with Crippen molar-refractivity contribution in [3.8, 4) is 10.7 Å². The molecule has 0 unspecified atom stereocenters. The predicted molar refractivity (Wildman–Crippen MR) is 99.2 cm³/mol. The van der Waals surface area contributed by atoms with Crippen molar-refractivity contribution in [2.45, 2.75) is 11.7 Å². The van der Waals surface area contributed by atoms with Crippen molar-refractivity contribution in [1.29, 1.82) is 0 Å². The van der Waals surface area contributed by atoms with Crippen LogP contribution in [-0.4, -0.2) is 26.4 Å². The molecule has 0 saturated heterocycles. The summed E-state index contributed by atoms with van der Waals surface area (Å²) in [6.45, 7) is 4.23. The van der Waals surface area contributed by atoms with E-state index in [1.54, 1.807) is 6.08 Å². The minimum atomic E-state index is -0.821. The van der Waals surface area contributed by atoms with Gasteiger partial charge in [-0.1, -0.05) is 23.9 Å². The van der Waals surface area contributed by atoms with Gasteiger partial charge < -0.3 is 5.32 Å². The highest BCUT2D eigenvalue weighted by Crippen LogP contribution is 2.27. The van der Waals surface area contributed by atoms with E-state index in [0.717, 1.165) is 17.0 Å². The fourth-order valence-corrected chi connectivity index (χ4v) is 3.65. The second-order valence-electron chi connectivity index (χ2n) is 5.14. The van der Waals surface area contributed by atoms with Crippen LogP contribution >= 0.6 is 23.1 Å². The Hall–Kier alpha value is -2.52. The molecule has 1 aromatic carbocycles. The summed E-state index contributed by atoms with van der Waals surface area (Å²) in [4.78, 5) is 13.0. The number of anilines is 1. The van der Waals surface area contributed by atoms with Crippen molar-refractivity contribution in [2.75, 3.05) is 11.1 Å². The molecule has 2 heterocycles. The number of hydrogen-bond acceptors (Lipinski definition) is 5. The molecule has 0 aliphatic rings. The SMILES string of the molecule is C=CCn1c(SCC(=O)Nc2ccc(F)cc2F)nnc1-c1cccs1. The third kappa shape index (κ3) is 4.17. The highest BCUT2D eigenvalue weighted by Gasteiger charge is 2.16. The summed E-state index contributed by atoms with van der Waals surface area (Å²) in [6, 6.07) is 6.84. The molecule has 1 N–H and O–H groups in total. The average Bonchev–Trinajstić information content (AvgIpc) is 3.26. The number of benzene rings is 1. The molecular formula is C17H14F2N4OS2. The number of allylic oxidation sites excluding steroid dienone is 1. The second-order valence-corrected chi connectivity index (χ2v) is 7.03. The molecule has 0 aliphatic heterocycles. The highest BCUT2D eigenvalue weighted by atomic mass is 32.2. The molecule has 2 aromatic heterocycles. The lowest BCUT2D eigenvalue weighted by molar-refractivity contribution is -0.113. The molecule has 3 rings (SSSR count). The predicted octanol–water partition coefficient (Wildman–Crippen LogP) is 4.20. The van der Waals surface area contributed by atoms with Crippen LogP contribution in [0.2, 0.25) is 0 Å². The number of halogens is 2. The Morgan fingerprint density at radius 2 is 2.19 bits per heavy atom. The Morgan fingerprint density at radius 3 is 2.88 bits per heavy atom. The molecule has 0 atom stereocenters. The van der Waals surface area contributed by atoms with Gasteiger partial charge in [-0.25, -0.2) is 8.78 Å². The number of nitrogens with zero attached hydrogens (tertiary/aromatic N) is 3. The standard InChI is InChI=1S/C17H14F2N4OS2/c1-2-7-23-16(14-4-3-8-25-14)21-22-17(23)26-10-15(24)20-13-6-5-11(18)9-12(13)19/h2-6,8-9H,1,7,10H2,(H,20,24). The number of nitrogens with one attached hydrogen (secondary N) is 1. The van der Waals surface area contributed by atoms with Gasteiger partial charge in [0.25, 0.3) is 0 Å². The third-order valence-electron chi connectivity index (χ3n) is 3.31. The van der Waals surface area contributed by atoms with Crippen LogP contribution in [-0.2, 0) is 11.3 Å². The van der Waals surface area contributed by atoms with E-state index in [1.807, 2.05) is 22.1 Å². The van der Waals surface area contributed by atoms with Gasteiger partial charge in [-0.15, -0.1) is 28.1 Å². The van der Waals surface area contributed by atoms with Gasteiger partial charge >= 0.3 is 0 Å². The van der Waals surface area contributed by atoms with E-state index in [-0.39, 0.29) is 11.4 Å². The van der Waals surface area contributed by atoms with E-state index in [0.29, 0.717) is 17.5 Å². The Labute approximate surface area is 156 Å². The van der Waals surface area contributed by atoms with Crippen LogP contribution in [0, 0.1) is 11.6 Å². The number of carbonyl (C=O) groups is 1. The fourth-order valence-electron chi connectivity index (χ4n) is 2.18. The monoisotopic (exact) mass is 392 g/mol. The first-order chi connectivity index (χ1) is 12.6. The molecule has 0 saturated carbocycles. The van der Waals surface area contributed by atoms with Crippen LogP contribution in [0.1, 0.15) is 0 Å². The Bertz CT molecular complexity index is 925. The highest BCUT2D eigenvalue weighted by molar-refractivity contribution is 7.99. The number of rotatable bonds is 7. The molecule has 26 heavy (non-hydrogen) atoms. The molecular weight excluding hydrogens is 378 g/mol. The van der Waals surface area contributed by atoms with Gasteiger partial charge in [0.15, 0.2) is 11.0 Å². The molecule has 0 radical (unpaired) electrons. The summed E-state index contributed by atoms with van der Waals surface area (Å²) in [5.74, 6) is -1.23. The summed E-state index contributed by atoms with van der Waals surface area (Å²) in [5, 5.41) is 13.2. The summed E-state index contributed by atoms with van der Waals surface area (Å²) in [7, 11) is 0. The first-order valence-electron chi connectivity index (χ1n) is 7.54. The van der Waals surface area contributed by atoms with Crippen LogP contribution in [0.5, 0.6) is 0 Å². The Kier molecular flexibility index (Phi) is 5.79. The minimum absolute atomic E-state index is 0.0104. The molecule has 0 aliphatic carbocycles. The lowest BCUT2D eigenvalue weighted by atomic mass is 10.3. The van der Waals surface area contributed by atoms with Crippen molar-refractivity contribution in [2.24, 2.45) is 0 Å². The third-order valence-corrected chi connectivity index (χ3v) is 5.14. The zero-order chi connectivity index (χ0) is 18.5. The van der Waals surface area contributed by atoms with E-state index in [2.05, 4.69) is 22.1 Å². The number of thiophene rings is 1. The molecule has 0 spiro atoms.